The quantitative estimate of drug-likeness (QED) is 0.703. The number of fused-ring (bicyclic) bond motifs is 1. The molecule has 0 unspecified atom stereocenters. The van der Waals surface area contributed by atoms with Crippen LogP contribution >= 0.6 is 0 Å². The summed E-state index contributed by atoms with van der Waals surface area (Å²) in [7, 11) is 0. The molecule has 0 saturated heterocycles. The van der Waals surface area contributed by atoms with Gasteiger partial charge in [0.25, 0.3) is 0 Å². The van der Waals surface area contributed by atoms with Crippen LogP contribution in [0.25, 0.3) is 10.8 Å². The standard InChI is InChI=1S/C15H14N2/c1-11(15-9-16-10-17-15)13-7-6-12-4-2-3-5-14(12)8-13/h2-11H,1H3,(H,16,17)/t11-/m0/s1. The summed E-state index contributed by atoms with van der Waals surface area (Å²) in [6, 6.07) is 15.1. The summed E-state index contributed by atoms with van der Waals surface area (Å²) in [6.07, 6.45) is 3.62. The van der Waals surface area contributed by atoms with E-state index in [0.29, 0.717) is 5.92 Å². The maximum Gasteiger partial charge on any atom is 0.0921 e. The van der Waals surface area contributed by atoms with Gasteiger partial charge in [-0.1, -0.05) is 49.4 Å². The lowest BCUT2D eigenvalue weighted by Gasteiger charge is -2.10. The zero-order valence-corrected chi connectivity index (χ0v) is 9.72. The highest BCUT2D eigenvalue weighted by Gasteiger charge is 2.09. The highest BCUT2D eigenvalue weighted by Crippen LogP contribution is 2.25. The van der Waals surface area contributed by atoms with Gasteiger partial charge in [0.2, 0.25) is 0 Å². The maximum atomic E-state index is 4.08. The van der Waals surface area contributed by atoms with Gasteiger partial charge in [-0.05, 0) is 16.3 Å². The van der Waals surface area contributed by atoms with E-state index in [-0.39, 0.29) is 0 Å². The zero-order chi connectivity index (χ0) is 11.7. The summed E-state index contributed by atoms with van der Waals surface area (Å²) < 4.78 is 0. The third-order valence-electron chi connectivity index (χ3n) is 3.26. The van der Waals surface area contributed by atoms with Crippen molar-refractivity contribution in [1.29, 1.82) is 0 Å². The molecule has 1 N–H and O–H groups in total. The summed E-state index contributed by atoms with van der Waals surface area (Å²) in [5.41, 5.74) is 2.47. The van der Waals surface area contributed by atoms with Crippen LogP contribution in [0.5, 0.6) is 0 Å². The number of nitrogens with one attached hydrogen (secondary N) is 1. The SMILES string of the molecule is C[C@@H](c1ccc2ccccc2c1)c1cnc[nH]1. The Morgan fingerprint density at radius 2 is 1.88 bits per heavy atom. The van der Waals surface area contributed by atoms with Crippen molar-refractivity contribution in [1.82, 2.24) is 9.97 Å². The number of aromatic amines is 1. The summed E-state index contributed by atoms with van der Waals surface area (Å²) >= 11 is 0. The number of imidazole rings is 1. The number of rotatable bonds is 2. The molecular weight excluding hydrogens is 208 g/mol. The van der Waals surface area contributed by atoms with Crippen molar-refractivity contribution in [2.24, 2.45) is 0 Å². The molecule has 1 heterocycles. The van der Waals surface area contributed by atoms with Gasteiger partial charge in [-0.3, -0.25) is 0 Å². The Labute approximate surface area is 100 Å². The number of hydrogen-bond acceptors (Lipinski definition) is 1. The summed E-state index contributed by atoms with van der Waals surface area (Å²) in [6.45, 7) is 2.19. The van der Waals surface area contributed by atoms with Crippen LogP contribution in [-0.4, -0.2) is 9.97 Å². The second kappa shape index (κ2) is 4.06. The van der Waals surface area contributed by atoms with Gasteiger partial charge in [0, 0.05) is 17.8 Å². The van der Waals surface area contributed by atoms with Gasteiger partial charge >= 0.3 is 0 Å². The van der Waals surface area contributed by atoms with E-state index in [1.807, 2.05) is 6.20 Å². The van der Waals surface area contributed by atoms with Crippen molar-refractivity contribution >= 4 is 10.8 Å². The first-order valence-corrected chi connectivity index (χ1v) is 5.81. The van der Waals surface area contributed by atoms with Crippen LogP contribution < -0.4 is 0 Å². The minimum absolute atomic E-state index is 0.349. The van der Waals surface area contributed by atoms with E-state index < -0.39 is 0 Å². The van der Waals surface area contributed by atoms with E-state index in [9.17, 15) is 0 Å². The zero-order valence-electron chi connectivity index (χ0n) is 9.72. The second-order valence-electron chi connectivity index (χ2n) is 4.34. The summed E-state index contributed by atoms with van der Waals surface area (Å²) in [5, 5.41) is 2.57. The highest BCUT2D eigenvalue weighted by atomic mass is 14.9. The second-order valence-corrected chi connectivity index (χ2v) is 4.34. The van der Waals surface area contributed by atoms with Crippen molar-refractivity contribution in [2.45, 2.75) is 12.8 Å². The number of nitrogens with zero attached hydrogens (tertiary/aromatic N) is 1. The van der Waals surface area contributed by atoms with Gasteiger partial charge in [0.1, 0.15) is 0 Å². The van der Waals surface area contributed by atoms with E-state index in [1.54, 1.807) is 6.33 Å². The first-order valence-electron chi connectivity index (χ1n) is 5.81. The fraction of sp³-hybridized carbons (Fsp3) is 0.133. The van der Waals surface area contributed by atoms with Crippen LogP contribution in [0.2, 0.25) is 0 Å². The van der Waals surface area contributed by atoms with Gasteiger partial charge < -0.3 is 4.98 Å². The lowest BCUT2D eigenvalue weighted by atomic mass is 9.96. The molecule has 1 aromatic heterocycles. The van der Waals surface area contributed by atoms with Crippen molar-refractivity contribution in [2.75, 3.05) is 0 Å². The van der Waals surface area contributed by atoms with E-state index in [4.69, 9.17) is 0 Å². The Morgan fingerprint density at radius 3 is 2.65 bits per heavy atom. The Morgan fingerprint density at radius 1 is 1.06 bits per heavy atom. The van der Waals surface area contributed by atoms with Crippen molar-refractivity contribution in [3.05, 3.63) is 66.2 Å². The fourth-order valence-corrected chi connectivity index (χ4v) is 2.16. The molecule has 0 aliphatic heterocycles. The number of aromatic nitrogens is 2. The van der Waals surface area contributed by atoms with Gasteiger partial charge in [0.05, 0.1) is 6.33 Å². The molecular formula is C15H14N2. The average molecular weight is 222 g/mol. The van der Waals surface area contributed by atoms with Crippen molar-refractivity contribution in [3.63, 3.8) is 0 Å². The predicted molar refractivity (Wildman–Crippen MR) is 70.1 cm³/mol. The molecule has 0 amide bonds. The topological polar surface area (TPSA) is 28.7 Å². The molecule has 0 bridgehead atoms. The molecule has 0 aliphatic carbocycles. The molecule has 84 valence electrons. The van der Waals surface area contributed by atoms with Crippen LogP contribution in [0.1, 0.15) is 24.1 Å². The van der Waals surface area contributed by atoms with Crippen LogP contribution in [0.15, 0.2) is 55.0 Å². The molecule has 3 aromatic rings. The lowest BCUT2D eigenvalue weighted by molar-refractivity contribution is 0.885. The van der Waals surface area contributed by atoms with Crippen molar-refractivity contribution in [3.8, 4) is 0 Å². The van der Waals surface area contributed by atoms with Crippen LogP contribution in [0.3, 0.4) is 0 Å². The van der Waals surface area contributed by atoms with Gasteiger partial charge in [0.15, 0.2) is 0 Å². The molecule has 17 heavy (non-hydrogen) atoms. The molecule has 2 aromatic carbocycles. The fourth-order valence-electron chi connectivity index (χ4n) is 2.16. The third-order valence-corrected chi connectivity index (χ3v) is 3.26. The molecule has 2 heteroatoms. The van der Waals surface area contributed by atoms with Crippen molar-refractivity contribution < 1.29 is 0 Å². The molecule has 0 saturated carbocycles. The number of hydrogen-bond donors (Lipinski definition) is 1. The first-order chi connectivity index (χ1) is 8.34. The predicted octanol–water partition coefficient (Wildman–Crippen LogP) is 3.71. The van der Waals surface area contributed by atoms with Gasteiger partial charge in [-0.25, -0.2) is 4.98 Å². The van der Waals surface area contributed by atoms with E-state index in [1.165, 1.54) is 16.3 Å². The molecule has 3 rings (SSSR count). The smallest absolute Gasteiger partial charge is 0.0921 e. The number of H-pyrrole nitrogens is 1. The van der Waals surface area contributed by atoms with Crippen LogP contribution in [0.4, 0.5) is 0 Å². The highest BCUT2D eigenvalue weighted by molar-refractivity contribution is 5.83. The maximum absolute atomic E-state index is 4.08. The van der Waals surface area contributed by atoms with E-state index in [0.717, 1.165) is 5.69 Å². The molecule has 0 aliphatic rings. The lowest BCUT2D eigenvalue weighted by Crippen LogP contribution is -1.95. The first kappa shape index (κ1) is 10.1. The van der Waals surface area contributed by atoms with Gasteiger partial charge in [-0.2, -0.15) is 0 Å². The summed E-state index contributed by atoms with van der Waals surface area (Å²) in [4.78, 5) is 7.25. The third kappa shape index (κ3) is 1.82. The minimum atomic E-state index is 0.349. The Bertz CT molecular complexity index is 626. The Hall–Kier alpha value is -2.09. The molecule has 2 nitrogen and oxygen atoms in total. The average Bonchev–Trinajstić information content (AvgIpc) is 2.91. The largest absolute Gasteiger partial charge is 0.348 e. The normalized spacial score (nSPS) is 12.8. The molecule has 1 atom stereocenters. The monoisotopic (exact) mass is 222 g/mol. The minimum Gasteiger partial charge on any atom is -0.348 e. The Balaban J connectivity index is 2.06. The van der Waals surface area contributed by atoms with E-state index >= 15 is 0 Å². The van der Waals surface area contributed by atoms with Crippen LogP contribution in [-0.2, 0) is 0 Å². The van der Waals surface area contributed by atoms with Crippen LogP contribution in [0, 0.1) is 0 Å². The molecule has 0 spiro atoms. The summed E-state index contributed by atoms with van der Waals surface area (Å²) in [5.74, 6) is 0.349. The molecule has 0 radical (unpaired) electrons. The Kier molecular flexibility index (Phi) is 2.41. The van der Waals surface area contributed by atoms with Gasteiger partial charge in [-0.15, -0.1) is 0 Å². The number of benzene rings is 2. The van der Waals surface area contributed by atoms with E-state index in [2.05, 4.69) is 59.4 Å². The molecule has 0 fully saturated rings.